The van der Waals surface area contributed by atoms with Crippen molar-refractivity contribution < 1.29 is 0 Å². The van der Waals surface area contributed by atoms with Gasteiger partial charge in [-0.15, -0.1) is 0 Å². The molecule has 0 saturated heterocycles. The Kier molecular flexibility index (Phi) is 6.52. The van der Waals surface area contributed by atoms with Crippen molar-refractivity contribution in [3.63, 3.8) is 0 Å². The Bertz CT molecular complexity index is 347. The molecule has 4 nitrogen and oxygen atoms in total. The van der Waals surface area contributed by atoms with Gasteiger partial charge in [0.05, 0.1) is 6.20 Å². The van der Waals surface area contributed by atoms with E-state index in [-0.39, 0.29) is 0 Å². The molecule has 110 valence electrons. The Labute approximate surface area is 118 Å². The van der Waals surface area contributed by atoms with Crippen LogP contribution in [0, 0.1) is 5.92 Å². The van der Waals surface area contributed by atoms with E-state index in [1.807, 2.05) is 10.9 Å². The Hall–Kier alpha value is -0.870. The van der Waals surface area contributed by atoms with Crippen molar-refractivity contribution in [1.82, 2.24) is 20.0 Å². The Balaban J connectivity index is 2.61. The highest BCUT2D eigenvalue weighted by atomic mass is 15.3. The first-order valence-electron chi connectivity index (χ1n) is 7.35. The van der Waals surface area contributed by atoms with Crippen molar-refractivity contribution in [1.29, 1.82) is 0 Å². The number of hydrogen-bond acceptors (Lipinski definition) is 3. The molecular weight excluding hydrogens is 236 g/mol. The molecule has 0 aliphatic heterocycles. The number of aryl methyl sites for hydroxylation is 1. The highest BCUT2D eigenvalue weighted by molar-refractivity contribution is 5.09. The van der Waals surface area contributed by atoms with Gasteiger partial charge in [0.25, 0.3) is 0 Å². The van der Waals surface area contributed by atoms with Gasteiger partial charge in [0.1, 0.15) is 0 Å². The van der Waals surface area contributed by atoms with Gasteiger partial charge in [-0.05, 0) is 40.3 Å². The molecule has 0 aliphatic rings. The molecule has 1 aromatic rings. The zero-order valence-electron chi connectivity index (χ0n) is 13.3. The van der Waals surface area contributed by atoms with Crippen molar-refractivity contribution in [2.24, 2.45) is 5.92 Å². The number of rotatable bonds is 8. The second-order valence-corrected chi connectivity index (χ2v) is 6.11. The zero-order chi connectivity index (χ0) is 14.4. The van der Waals surface area contributed by atoms with E-state index < -0.39 is 0 Å². The lowest BCUT2D eigenvalue weighted by atomic mass is 10.0. The molecule has 0 aromatic carbocycles. The van der Waals surface area contributed by atoms with Crippen LogP contribution < -0.4 is 5.32 Å². The van der Waals surface area contributed by atoms with E-state index in [1.165, 1.54) is 12.0 Å². The summed E-state index contributed by atoms with van der Waals surface area (Å²) in [7, 11) is 4.27. The van der Waals surface area contributed by atoms with Gasteiger partial charge in [-0.1, -0.05) is 13.8 Å². The van der Waals surface area contributed by atoms with Crippen molar-refractivity contribution in [2.75, 3.05) is 20.6 Å². The van der Waals surface area contributed by atoms with E-state index >= 15 is 0 Å². The summed E-state index contributed by atoms with van der Waals surface area (Å²) < 4.78 is 1.98. The predicted molar refractivity (Wildman–Crippen MR) is 81.2 cm³/mol. The Morgan fingerprint density at radius 3 is 2.47 bits per heavy atom. The fourth-order valence-electron chi connectivity index (χ4n) is 2.43. The molecule has 4 heteroatoms. The summed E-state index contributed by atoms with van der Waals surface area (Å²) in [4.78, 5) is 2.25. The number of nitrogens with zero attached hydrogens (tertiary/aromatic N) is 3. The topological polar surface area (TPSA) is 33.1 Å². The third-order valence-electron chi connectivity index (χ3n) is 3.30. The molecule has 1 aromatic heterocycles. The molecule has 0 aliphatic carbocycles. The summed E-state index contributed by atoms with van der Waals surface area (Å²) in [5.41, 5.74) is 1.27. The van der Waals surface area contributed by atoms with Crippen molar-refractivity contribution in [2.45, 2.75) is 52.7 Å². The highest BCUT2D eigenvalue weighted by Gasteiger charge is 2.16. The molecule has 19 heavy (non-hydrogen) atoms. The minimum absolute atomic E-state index is 0.351. The second kappa shape index (κ2) is 7.65. The van der Waals surface area contributed by atoms with Crippen LogP contribution in [0.3, 0.4) is 0 Å². The monoisotopic (exact) mass is 266 g/mol. The zero-order valence-corrected chi connectivity index (χ0v) is 13.3. The standard InChI is InChI=1S/C15H30N4/c1-7-19-10-14(9-16-19)13(4)17-15(8-12(2)3)11-18(5)6/h9-10,12-13,15,17H,7-8,11H2,1-6H3. The maximum Gasteiger partial charge on any atom is 0.0537 e. The molecule has 1 N–H and O–H groups in total. The molecule has 0 fully saturated rings. The average molecular weight is 266 g/mol. The lowest BCUT2D eigenvalue weighted by molar-refractivity contribution is 0.291. The molecule has 0 saturated carbocycles. The van der Waals surface area contributed by atoms with Gasteiger partial charge in [-0.25, -0.2) is 0 Å². The number of hydrogen-bond donors (Lipinski definition) is 1. The quantitative estimate of drug-likeness (QED) is 0.785. The first-order valence-corrected chi connectivity index (χ1v) is 7.35. The molecule has 0 spiro atoms. The third kappa shape index (κ3) is 5.74. The summed E-state index contributed by atoms with van der Waals surface area (Å²) >= 11 is 0. The van der Waals surface area contributed by atoms with Crippen LogP contribution in [0.4, 0.5) is 0 Å². The predicted octanol–water partition coefficient (Wildman–Crippen LogP) is 2.53. The summed E-state index contributed by atoms with van der Waals surface area (Å²) in [6.45, 7) is 10.9. The van der Waals surface area contributed by atoms with Crippen LogP contribution in [-0.2, 0) is 6.54 Å². The molecule has 1 heterocycles. The molecule has 0 bridgehead atoms. The summed E-state index contributed by atoms with van der Waals surface area (Å²) in [5, 5.41) is 8.09. The van der Waals surface area contributed by atoms with Crippen LogP contribution in [0.15, 0.2) is 12.4 Å². The van der Waals surface area contributed by atoms with E-state index in [1.54, 1.807) is 0 Å². The largest absolute Gasteiger partial charge is 0.308 e. The van der Waals surface area contributed by atoms with Gasteiger partial charge in [0, 0.05) is 36.9 Å². The smallest absolute Gasteiger partial charge is 0.0537 e. The number of nitrogens with one attached hydrogen (secondary N) is 1. The molecule has 0 amide bonds. The third-order valence-corrected chi connectivity index (χ3v) is 3.30. The van der Waals surface area contributed by atoms with Gasteiger partial charge < -0.3 is 10.2 Å². The van der Waals surface area contributed by atoms with Crippen LogP contribution in [0.25, 0.3) is 0 Å². The van der Waals surface area contributed by atoms with E-state index in [4.69, 9.17) is 0 Å². The average Bonchev–Trinajstić information content (AvgIpc) is 2.75. The van der Waals surface area contributed by atoms with Crippen LogP contribution in [-0.4, -0.2) is 41.4 Å². The Morgan fingerprint density at radius 2 is 2.00 bits per heavy atom. The minimum Gasteiger partial charge on any atom is -0.308 e. The van der Waals surface area contributed by atoms with E-state index in [0.717, 1.165) is 13.1 Å². The van der Waals surface area contributed by atoms with Crippen molar-refractivity contribution in [3.05, 3.63) is 18.0 Å². The summed E-state index contributed by atoms with van der Waals surface area (Å²) in [5.74, 6) is 0.711. The van der Waals surface area contributed by atoms with E-state index in [9.17, 15) is 0 Å². The van der Waals surface area contributed by atoms with Gasteiger partial charge in [-0.3, -0.25) is 4.68 Å². The lowest BCUT2D eigenvalue weighted by Crippen LogP contribution is -2.40. The second-order valence-electron chi connectivity index (χ2n) is 6.11. The van der Waals surface area contributed by atoms with Crippen LogP contribution in [0.2, 0.25) is 0 Å². The van der Waals surface area contributed by atoms with Gasteiger partial charge in [0.2, 0.25) is 0 Å². The van der Waals surface area contributed by atoms with Crippen molar-refractivity contribution >= 4 is 0 Å². The minimum atomic E-state index is 0.351. The van der Waals surface area contributed by atoms with Crippen LogP contribution >= 0.6 is 0 Å². The van der Waals surface area contributed by atoms with E-state index in [0.29, 0.717) is 18.0 Å². The van der Waals surface area contributed by atoms with Crippen LogP contribution in [0.1, 0.15) is 45.7 Å². The van der Waals surface area contributed by atoms with Gasteiger partial charge in [0.15, 0.2) is 0 Å². The molecule has 0 radical (unpaired) electrons. The maximum absolute atomic E-state index is 4.35. The number of likely N-dealkylation sites (N-methyl/N-ethyl adjacent to an activating group) is 1. The van der Waals surface area contributed by atoms with Crippen molar-refractivity contribution in [3.8, 4) is 0 Å². The fourth-order valence-corrected chi connectivity index (χ4v) is 2.43. The van der Waals surface area contributed by atoms with Gasteiger partial charge >= 0.3 is 0 Å². The first-order chi connectivity index (χ1) is 8.92. The molecule has 1 rings (SSSR count). The first kappa shape index (κ1) is 16.2. The van der Waals surface area contributed by atoms with E-state index in [2.05, 4.69) is 63.3 Å². The molecular formula is C15H30N4. The normalized spacial score (nSPS) is 15.2. The summed E-state index contributed by atoms with van der Waals surface area (Å²) in [6.07, 6.45) is 5.31. The molecule has 2 unspecified atom stereocenters. The highest BCUT2D eigenvalue weighted by Crippen LogP contribution is 2.15. The Morgan fingerprint density at radius 1 is 1.32 bits per heavy atom. The maximum atomic E-state index is 4.35. The fraction of sp³-hybridized carbons (Fsp3) is 0.800. The lowest BCUT2D eigenvalue weighted by Gasteiger charge is -2.27. The SMILES string of the molecule is CCn1cc(C(C)NC(CC(C)C)CN(C)C)cn1. The van der Waals surface area contributed by atoms with Crippen LogP contribution in [0.5, 0.6) is 0 Å². The summed E-state index contributed by atoms with van der Waals surface area (Å²) in [6, 6.07) is 0.874. The number of aromatic nitrogens is 2. The van der Waals surface area contributed by atoms with Gasteiger partial charge in [-0.2, -0.15) is 5.10 Å². The molecule has 2 atom stereocenters.